The molecule has 18 heavy (non-hydrogen) atoms. The Labute approximate surface area is 114 Å². The first-order valence-corrected chi connectivity index (χ1v) is 7.62. The molecule has 1 aliphatic rings. The molecule has 0 spiro atoms. The number of thioether (sulfide) groups is 1. The third-order valence-corrected chi connectivity index (χ3v) is 4.25. The molecule has 1 N–H and O–H groups in total. The Bertz CT molecular complexity index is 403. The summed E-state index contributed by atoms with van der Waals surface area (Å²) in [6, 6.07) is 4.35. The van der Waals surface area contributed by atoms with Crippen molar-refractivity contribution in [2.45, 2.75) is 18.4 Å². The molecule has 0 atom stereocenters. The maximum absolute atomic E-state index is 5.60. The lowest BCUT2D eigenvalue weighted by molar-refractivity contribution is 0.228. The molecule has 1 fully saturated rings. The number of hydrogen-bond donors (Lipinski definition) is 1. The van der Waals surface area contributed by atoms with Crippen molar-refractivity contribution in [2.24, 2.45) is 0 Å². The maximum atomic E-state index is 5.60. The molecule has 1 aliphatic heterocycles. The highest BCUT2D eigenvalue weighted by Gasteiger charge is 2.16. The second-order valence-electron chi connectivity index (χ2n) is 4.62. The first kappa shape index (κ1) is 13.7. The number of nitrogens with one attached hydrogen (secondary N) is 1. The number of piperazine rings is 1. The Morgan fingerprint density at radius 3 is 2.67 bits per heavy atom. The number of aryl methyl sites for hydroxylation is 1. The van der Waals surface area contributed by atoms with Crippen LogP contribution < -0.4 is 10.1 Å². The summed E-state index contributed by atoms with van der Waals surface area (Å²) in [5.41, 5.74) is 2.56. The van der Waals surface area contributed by atoms with Crippen LogP contribution in [0.5, 0.6) is 5.75 Å². The van der Waals surface area contributed by atoms with Crippen LogP contribution in [-0.4, -0.2) is 44.4 Å². The predicted molar refractivity (Wildman–Crippen MR) is 77.7 cm³/mol. The molecule has 0 aliphatic carbocycles. The fraction of sp³-hybridized carbons (Fsp3) is 0.571. The van der Waals surface area contributed by atoms with E-state index in [0.29, 0.717) is 0 Å². The molecule has 0 saturated carbocycles. The van der Waals surface area contributed by atoms with Crippen LogP contribution in [0.4, 0.5) is 0 Å². The summed E-state index contributed by atoms with van der Waals surface area (Å²) in [5.74, 6) is 1.06. The quantitative estimate of drug-likeness (QED) is 0.844. The first-order valence-electron chi connectivity index (χ1n) is 6.39. The van der Waals surface area contributed by atoms with Gasteiger partial charge in [0.2, 0.25) is 0 Å². The van der Waals surface area contributed by atoms with Gasteiger partial charge in [-0.3, -0.25) is 4.90 Å². The molecule has 2 rings (SSSR count). The van der Waals surface area contributed by atoms with Crippen LogP contribution >= 0.6 is 11.8 Å². The second-order valence-corrected chi connectivity index (χ2v) is 5.47. The Morgan fingerprint density at radius 2 is 2.06 bits per heavy atom. The highest BCUT2D eigenvalue weighted by molar-refractivity contribution is 7.98. The molecule has 3 nitrogen and oxygen atoms in total. The zero-order valence-corrected chi connectivity index (χ0v) is 12.3. The Morgan fingerprint density at radius 1 is 1.33 bits per heavy atom. The maximum Gasteiger partial charge on any atom is 0.127 e. The second kappa shape index (κ2) is 6.45. The highest BCUT2D eigenvalue weighted by atomic mass is 32.2. The summed E-state index contributed by atoms with van der Waals surface area (Å²) in [4.78, 5) is 3.82. The SMILES string of the molecule is COc1c(C)ccc(SC)c1CN1CCNCC1. The molecule has 0 bridgehead atoms. The number of benzene rings is 1. The monoisotopic (exact) mass is 266 g/mol. The van der Waals surface area contributed by atoms with Crippen molar-refractivity contribution in [3.8, 4) is 5.75 Å². The molecule has 1 aromatic rings. The average Bonchev–Trinajstić information content (AvgIpc) is 2.40. The van der Waals surface area contributed by atoms with Crippen molar-refractivity contribution >= 4 is 11.8 Å². The lowest BCUT2D eigenvalue weighted by Crippen LogP contribution is -2.43. The summed E-state index contributed by atoms with van der Waals surface area (Å²) >= 11 is 1.80. The standard InChI is InChI=1S/C14H22N2OS/c1-11-4-5-13(18-3)12(14(11)17-2)10-16-8-6-15-7-9-16/h4-5,15H,6-10H2,1-3H3. The Kier molecular flexibility index (Phi) is 4.92. The normalized spacial score (nSPS) is 16.8. The molecule has 0 unspecified atom stereocenters. The van der Waals surface area contributed by atoms with E-state index in [9.17, 15) is 0 Å². The molecule has 100 valence electrons. The summed E-state index contributed by atoms with van der Waals surface area (Å²) in [7, 11) is 1.77. The molecule has 4 heteroatoms. The van der Waals surface area contributed by atoms with Crippen LogP contribution in [0.25, 0.3) is 0 Å². The molecule has 1 aromatic carbocycles. The minimum absolute atomic E-state index is 0.989. The number of hydrogen-bond acceptors (Lipinski definition) is 4. The van der Waals surface area contributed by atoms with E-state index in [2.05, 4.69) is 35.5 Å². The summed E-state index contributed by atoms with van der Waals surface area (Å²) in [6.07, 6.45) is 2.13. The van der Waals surface area contributed by atoms with Crippen molar-refractivity contribution in [3.63, 3.8) is 0 Å². The minimum atomic E-state index is 0.989. The van der Waals surface area contributed by atoms with Gasteiger partial charge in [-0.15, -0.1) is 11.8 Å². The van der Waals surface area contributed by atoms with Gasteiger partial charge < -0.3 is 10.1 Å². The first-order chi connectivity index (χ1) is 8.76. The fourth-order valence-corrected chi connectivity index (χ4v) is 3.05. The van der Waals surface area contributed by atoms with Gasteiger partial charge >= 0.3 is 0 Å². The van der Waals surface area contributed by atoms with Gasteiger partial charge in [-0.2, -0.15) is 0 Å². The van der Waals surface area contributed by atoms with Gasteiger partial charge in [-0.1, -0.05) is 6.07 Å². The summed E-state index contributed by atoms with van der Waals surface area (Å²) in [6.45, 7) is 7.51. The third-order valence-electron chi connectivity index (χ3n) is 3.43. The summed E-state index contributed by atoms with van der Waals surface area (Å²) < 4.78 is 5.60. The van der Waals surface area contributed by atoms with Gasteiger partial charge in [0.1, 0.15) is 5.75 Å². The molecular formula is C14H22N2OS. The van der Waals surface area contributed by atoms with E-state index in [4.69, 9.17) is 4.74 Å². The van der Waals surface area contributed by atoms with E-state index in [-0.39, 0.29) is 0 Å². The Hall–Kier alpha value is -0.710. The molecule has 1 heterocycles. The van der Waals surface area contributed by atoms with Crippen LogP contribution in [0.2, 0.25) is 0 Å². The van der Waals surface area contributed by atoms with E-state index < -0.39 is 0 Å². The minimum Gasteiger partial charge on any atom is -0.496 e. The van der Waals surface area contributed by atoms with Crippen LogP contribution in [0.1, 0.15) is 11.1 Å². The van der Waals surface area contributed by atoms with Gasteiger partial charge in [-0.05, 0) is 24.8 Å². The van der Waals surface area contributed by atoms with E-state index in [1.54, 1.807) is 18.9 Å². The molecular weight excluding hydrogens is 244 g/mol. The molecule has 0 radical (unpaired) electrons. The number of nitrogens with zero attached hydrogens (tertiary/aromatic N) is 1. The predicted octanol–water partition coefficient (Wildman–Crippen LogP) is 2.13. The number of methoxy groups -OCH3 is 1. The van der Waals surface area contributed by atoms with Crippen LogP contribution in [0.3, 0.4) is 0 Å². The van der Waals surface area contributed by atoms with E-state index in [1.165, 1.54) is 16.0 Å². The average molecular weight is 266 g/mol. The lowest BCUT2D eigenvalue weighted by atomic mass is 10.1. The van der Waals surface area contributed by atoms with Crippen molar-refractivity contribution in [1.82, 2.24) is 10.2 Å². The third kappa shape index (κ3) is 2.99. The lowest BCUT2D eigenvalue weighted by Gasteiger charge is -2.28. The smallest absolute Gasteiger partial charge is 0.127 e. The topological polar surface area (TPSA) is 24.5 Å². The highest BCUT2D eigenvalue weighted by Crippen LogP contribution is 2.33. The largest absolute Gasteiger partial charge is 0.496 e. The van der Waals surface area contributed by atoms with Crippen LogP contribution in [-0.2, 0) is 6.54 Å². The van der Waals surface area contributed by atoms with Crippen molar-refractivity contribution in [3.05, 3.63) is 23.3 Å². The van der Waals surface area contributed by atoms with Crippen LogP contribution in [0.15, 0.2) is 17.0 Å². The number of ether oxygens (including phenoxy) is 1. The van der Waals surface area contributed by atoms with Crippen molar-refractivity contribution in [2.75, 3.05) is 39.5 Å². The zero-order valence-electron chi connectivity index (χ0n) is 11.5. The van der Waals surface area contributed by atoms with E-state index >= 15 is 0 Å². The molecule has 1 saturated heterocycles. The van der Waals surface area contributed by atoms with Gasteiger partial charge in [0.15, 0.2) is 0 Å². The van der Waals surface area contributed by atoms with E-state index in [0.717, 1.165) is 38.5 Å². The van der Waals surface area contributed by atoms with Crippen molar-refractivity contribution in [1.29, 1.82) is 0 Å². The van der Waals surface area contributed by atoms with E-state index in [1.807, 2.05) is 0 Å². The van der Waals surface area contributed by atoms with Crippen molar-refractivity contribution < 1.29 is 4.74 Å². The van der Waals surface area contributed by atoms with Gasteiger partial charge in [0, 0.05) is 43.2 Å². The fourth-order valence-electron chi connectivity index (χ4n) is 2.44. The van der Waals surface area contributed by atoms with Gasteiger partial charge in [0.25, 0.3) is 0 Å². The van der Waals surface area contributed by atoms with Crippen LogP contribution in [0, 0.1) is 6.92 Å². The molecule has 0 aromatic heterocycles. The Balaban J connectivity index is 2.25. The zero-order chi connectivity index (χ0) is 13.0. The van der Waals surface area contributed by atoms with Gasteiger partial charge in [-0.25, -0.2) is 0 Å². The molecule has 0 amide bonds. The van der Waals surface area contributed by atoms with Gasteiger partial charge in [0.05, 0.1) is 7.11 Å². The summed E-state index contributed by atoms with van der Waals surface area (Å²) in [5, 5.41) is 3.39. The number of rotatable bonds is 4.